The average molecular weight is 406 g/mol. The minimum atomic E-state index is -2.39. The standard InChI is InChI=1S/C16H26N2O10/c1-2-8(5-19)4-17-14(24)10(20)3-9(15(25)26)18-7-16(27)13(23)12(22)11(21)6-28-16/h2,4,9-13,18-23,27H,1,3,5-7H2,(H,17,24)(H,25,26)/t9-,10-,11+,12+,13-,16+/m0/s1. The topological polar surface area (TPSA) is 209 Å². The number of aliphatic hydroxyl groups excluding tert-OH is 5. The summed E-state index contributed by atoms with van der Waals surface area (Å²) in [6.45, 7) is 1.83. The lowest BCUT2D eigenvalue weighted by atomic mass is 9.96. The first kappa shape index (κ1) is 24.1. The van der Waals surface area contributed by atoms with Gasteiger partial charge in [-0.05, 0) is 5.57 Å². The molecule has 0 aliphatic carbocycles. The lowest BCUT2D eigenvalue weighted by molar-refractivity contribution is -0.318. The molecular formula is C16H26N2O10. The Bertz CT molecular complexity index is 598. The highest BCUT2D eigenvalue weighted by Crippen LogP contribution is 2.23. The zero-order chi connectivity index (χ0) is 21.5. The second-order valence-electron chi connectivity index (χ2n) is 6.27. The molecule has 1 saturated heterocycles. The van der Waals surface area contributed by atoms with E-state index in [2.05, 4.69) is 17.2 Å². The molecule has 12 heteroatoms. The molecule has 1 rings (SSSR count). The van der Waals surface area contributed by atoms with Gasteiger partial charge in [-0.2, -0.15) is 0 Å². The van der Waals surface area contributed by atoms with Crippen LogP contribution in [0, 0.1) is 0 Å². The third-order valence-electron chi connectivity index (χ3n) is 4.19. The quantitative estimate of drug-likeness (QED) is 0.159. The van der Waals surface area contributed by atoms with Gasteiger partial charge >= 0.3 is 5.97 Å². The van der Waals surface area contributed by atoms with Crippen LogP contribution >= 0.6 is 0 Å². The number of carbonyl (C=O) groups excluding carboxylic acids is 1. The average Bonchev–Trinajstić information content (AvgIpc) is 2.67. The van der Waals surface area contributed by atoms with E-state index in [1.807, 2.05) is 0 Å². The summed E-state index contributed by atoms with van der Waals surface area (Å²) in [4.78, 5) is 23.2. The van der Waals surface area contributed by atoms with Crippen molar-refractivity contribution in [2.24, 2.45) is 0 Å². The molecule has 0 aromatic carbocycles. The molecule has 1 aliphatic rings. The molecule has 0 radical (unpaired) electrons. The van der Waals surface area contributed by atoms with Crippen LogP contribution in [0.4, 0.5) is 0 Å². The third kappa shape index (κ3) is 6.32. The van der Waals surface area contributed by atoms with Crippen LogP contribution in [-0.4, -0.2) is 104 Å². The normalized spacial score (nSPS) is 30.4. The Labute approximate surface area is 160 Å². The molecule has 28 heavy (non-hydrogen) atoms. The van der Waals surface area contributed by atoms with Crippen LogP contribution in [-0.2, 0) is 14.3 Å². The maximum absolute atomic E-state index is 11.8. The Balaban J connectivity index is 2.68. The number of hydrogen-bond donors (Lipinski definition) is 9. The highest BCUT2D eigenvalue weighted by atomic mass is 16.6. The summed E-state index contributed by atoms with van der Waals surface area (Å²) in [5.41, 5.74) is 0.264. The number of aliphatic carboxylic acids is 1. The van der Waals surface area contributed by atoms with E-state index in [0.29, 0.717) is 0 Å². The molecule has 0 aromatic rings. The summed E-state index contributed by atoms with van der Waals surface area (Å²) in [6, 6.07) is -1.52. The van der Waals surface area contributed by atoms with E-state index in [0.717, 1.165) is 6.20 Å². The fourth-order valence-electron chi connectivity index (χ4n) is 2.35. The van der Waals surface area contributed by atoms with Gasteiger partial charge in [-0.3, -0.25) is 14.9 Å². The fraction of sp³-hybridized carbons (Fsp3) is 0.625. The summed E-state index contributed by atoms with van der Waals surface area (Å²) in [6.07, 6.45) is -5.05. The first-order chi connectivity index (χ1) is 13.1. The molecule has 160 valence electrons. The number of carbonyl (C=O) groups is 2. The van der Waals surface area contributed by atoms with Crippen molar-refractivity contribution in [3.63, 3.8) is 0 Å². The Morgan fingerprint density at radius 2 is 1.96 bits per heavy atom. The number of hydrogen-bond acceptors (Lipinski definition) is 10. The Hall–Kier alpha value is -1.90. The maximum atomic E-state index is 11.8. The fourth-order valence-corrected chi connectivity index (χ4v) is 2.35. The van der Waals surface area contributed by atoms with Crippen LogP contribution in [0.3, 0.4) is 0 Å². The van der Waals surface area contributed by atoms with E-state index in [4.69, 9.17) is 9.84 Å². The number of carboxylic acid groups (broad SMARTS) is 1. The first-order valence-electron chi connectivity index (χ1n) is 8.33. The van der Waals surface area contributed by atoms with Gasteiger partial charge in [0.25, 0.3) is 5.91 Å². The van der Waals surface area contributed by atoms with Crippen molar-refractivity contribution in [3.05, 3.63) is 24.4 Å². The highest BCUT2D eigenvalue weighted by molar-refractivity contribution is 5.83. The van der Waals surface area contributed by atoms with E-state index in [1.54, 1.807) is 0 Å². The van der Waals surface area contributed by atoms with E-state index in [9.17, 15) is 40.2 Å². The monoisotopic (exact) mass is 406 g/mol. The molecule has 1 heterocycles. The van der Waals surface area contributed by atoms with Crippen LogP contribution < -0.4 is 10.6 Å². The minimum Gasteiger partial charge on any atom is -0.480 e. The molecule has 9 N–H and O–H groups in total. The molecular weight excluding hydrogens is 380 g/mol. The van der Waals surface area contributed by atoms with E-state index >= 15 is 0 Å². The number of amides is 1. The second kappa shape index (κ2) is 10.6. The second-order valence-corrected chi connectivity index (χ2v) is 6.27. The zero-order valence-electron chi connectivity index (χ0n) is 14.9. The lowest BCUT2D eigenvalue weighted by Gasteiger charge is -2.42. The van der Waals surface area contributed by atoms with Crippen molar-refractivity contribution in [1.29, 1.82) is 0 Å². The molecule has 0 bridgehead atoms. The first-order valence-corrected chi connectivity index (χ1v) is 8.33. The van der Waals surface area contributed by atoms with Gasteiger partial charge in [0.15, 0.2) is 0 Å². The minimum absolute atomic E-state index is 0.264. The van der Waals surface area contributed by atoms with Crippen LogP contribution in [0.25, 0.3) is 0 Å². The van der Waals surface area contributed by atoms with Crippen LogP contribution in [0.1, 0.15) is 6.42 Å². The number of carboxylic acids is 1. The number of ether oxygens (including phenoxy) is 1. The van der Waals surface area contributed by atoms with Gasteiger partial charge < -0.3 is 45.8 Å². The number of nitrogens with one attached hydrogen (secondary N) is 2. The number of rotatable bonds is 10. The summed E-state index contributed by atoms with van der Waals surface area (Å²) in [5, 5.41) is 71.6. The summed E-state index contributed by atoms with van der Waals surface area (Å²) in [5.74, 6) is -4.78. The van der Waals surface area contributed by atoms with Crippen molar-refractivity contribution >= 4 is 11.9 Å². The summed E-state index contributed by atoms with van der Waals surface area (Å²) < 4.78 is 4.89. The predicted octanol–water partition coefficient (Wildman–Crippen LogP) is -4.24. The molecule has 6 atom stereocenters. The Kier molecular flexibility index (Phi) is 9.13. The van der Waals surface area contributed by atoms with Crippen molar-refractivity contribution in [2.45, 2.75) is 42.7 Å². The molecule has 12 nitrogen and oxygen atoms in total. The van der Waals surface area contributed by atoms with Crippen molar-refractivity contribution in [2.75, 3.05) is 19.8 Å². The molecule has 1 amide bonds. The van der Waals surface area contributed by atoms with E-state index in [-0.39, 0.29) is 5.57 Å². The Morgan fingerprint density at radius 3 is 2.50 bits per heavy atom. The predicted molar refractivity (Wildman–Crippen MR) is 92.5 cm³/mol. The molecule has 0 spiro atoms. The third-order valence-corrected chi connectivity index (χ3v) is 4.19. The van der Waals surface area contributed by atoms with Gasteiger partial charge in [-0.15, -0.1) is 0 Å². The molecule has 1 fully saturated rings. The largest absolute Gasteiger partial charge is 0.480 e. The van der Waals surface area contributed by atoms with Gasteiger partial charge in [0.05, 0.1) is 19.8 Å². The van der Waals surface area contributed by atoms with Crippen molar-refractivity contribution in [1.82, 2.24) is 10.6 Å². The molecule has 0 aromatic heterocycles. The van der Waals surface area contributed by atoms with Gasteiger partial charge in [-0.1, -0.05) is 12.7 Å². The molecule has 0 unspecified atom stereocenters. The van der Waals surface area contributed by atoms with Gasteiger partial charge in [0.2, 0.25) is 5.79 Å². The van der Waals surface area contributed by atoms with Gasteiger partial charge in [0.1, 0.15) is 30.5 Å². The Morgan fingerprint density at radius 1 is 1.32 bits per heavy atom. The van der Waals surface area contributed by atoms with E-state index < -0.39 is 74.3 Å². The molecule has 0 saturated carbocycles. The van der Waals surface area contributed by atoms with E-state index in [1.165, 1.54) is 6.08 Å². The smallest absolute Gasteiger partial charge is 0.320 e. The van der Waals surface area contributed by atoms with Crippen LogP contribution in [0.15, 0.2) is 24.4 Å². The van der Waals surface area contributed by atoms with Crippen molar-refractivity contribution < 1.29 is 50.1 Å². The number of aliphatic hydroxyl groups is 6. The van der Waals surface area contributed by atoms with Crippen LogP contribution in [0.2, 0.25) is 0 Å². The summed E-state index contributed by atoms with van der Waals surface area (Å²) in [7, 11) is 0. The SMILES string of the molecule is C=CC(=CNC(=O)[C@@H](O)C[C@H](NC[C@@]1(O)OC[C@@H](O)[C@@H](O)[C@@H]1O)C(=O)O)CO. The zero-order valence-corrected chi connectivity index (χ0v) is 14.9. The summed E-state index contributed by atoms with van der Waals surface area (Å²) >= 11 is 0. The molecule has 1 aliphatic heterocycles. The maximum Gasteiger partial charge on any atom is 0.320 e. The van der Waals surface area contributed by atoms with Crippen molar-refractivity contribution in [3.8, 4) is 0 Å². The van der Waals surface area contributed by atoms with Gasteiger partial charge in [0, 0.05) is 12.6 Å². The van der Waals surface area contributed by atoms with Gasteiger partial charge in [-0.25, -0.2) is 0 Å². The lowest BCUT2D eigenvalue weighted by Crippen LogP contribution is -2.65. The van der Waals surface area contributed by atoms with Crippen LogP contribution in [0.5, 0.6) is 0 Å². The highest BCUT2D eigenvalue weighted by Gasteiger charge is 2.48.